The molecule has 21 heavy (non-hydrogen) atoms. The number of nitrogens with zero attached hydrogens (tertiary/aromatic N) is 1. The lowest BCUT2D eigenvalue weighted by Crippen LogP contribution is -2.61. The molecule has 0 aromatic rings. The van der Waals surface area contributed by atoms with Crippen LogP contribution in [0.5, 0.6) is 0 Å². The van der Waals surface area contributed by atoms with E-state index in [0.717, 1.165) is 45.6 Å². The topological polar surface area (TPSA) is 33.7 Å². The van der Waals surface area contributed by atoms with E-state index in [4.69, 9.17) is 9.47 Å². The summed E-state index contributed by atoms with van der Waals surface area (Å²) in [4.78, 5) is 2.35. The van der Waals surface area contributed by atoms with Crippen molar-refractivity contribution in [2.75, 3.05) is 40.5 Å². The van der Waals surface area contributed by atoms with Crippen LogP contribution in [0.3, 0.4) is 0 Å². The Morgan fingerprint density at radius 1 is 1.24 bits per heavy atom. The van der Waals surface area contributed by atoms with Crippen molar-refractivity contribution >= 4 is 0 Å². The van der Waals surface area contributed by atoms with Gasteiger partial charge in [-0.25, -0.2) is 0 Å². The molecule has 0 bridgehead atoms. The summed E-state index contributed by atoms with van der Waals surface area (Å²) in [7, 11) is 4.38. The van der Waals surface area contributed by atoms with Crippen LogP contribution >= 0.6 is 0 Å². The molecular formula is C17H34N2O2. The lowest BCUT2D eigenvalue weighted by Gasteiger charge is -2.50. The lowest BCUT2D eigenvalue weighted by atomic mass is 9.72. The third-order valence-corrected chi connectivity index (χ3v) is 5.74. The maximum atomic E-state index is 6.22. The molecule has 2 aliphatic rings. The molecule has 124 valence electrons. The summed E-state index contributed by atoms with van der Waals surface area (Å²) in [6, 6.07) is 0.501. The third-order valence-electron chi connectivity index (χ3n) is 5.74. The largest absolute Gasteiger partial charge is 0.381 e. The molecule has 0 radical (unpaired) electrons. The average Bonchev–Trinajstić information content (AvgIpc) is 2.45. The summed E-state index contributed by atoms with van der Waals surface area (Å²) in [5, 5.41) is 3.77. The predicted molar refractivity (Wildman–Crippen MR) is 86.7 cm³/mol. The Hall–Kier alpha value is -0.160. The van der Waals surface area contributed by atoms with E-state index in [2.05, 4.69) is 45.1 Å². The molecule has 4 nitrogen and oxygen atoms in total. The van der Waals surface area contributed by atoms with E-state index in [-0.39, 0.29) is 11.1 Å². The van der Waals surface area contributed by atoms with Gasteiger partial charge >= 0.3 is 0 Å². The molecule has 4 heteroatoms. The van der Waals surface area contributed by atoms with Crippen molar-refractivity contribution in [3.63, 3.8) is 0 Å². The fourth-order valence-corrected chi connectivity index (χ4v) is 3.93. The first-order valence-electron chi connectivity index (χ1n) is 8.54. The van der Waals surface area contributed by atoms with Crippen LogP contribution in [-0.2, 0) is 9.47 Å². The van der Waals surface area contributed by atoms with Crippen molar-refractivity contribution in [3.8, 4) is 0 Å². The Labute approximate surface area is 130 Å². The molecule has 2 rings (SSSR count). The van der Waals surface area contributed by atoms with Crippen molar-refractivity contribution in [1.82, 2.24) is 10.2 Å². The molecule has 2 atom stereocenters. The Morgan fingerprint density at radius 3 is 2.48 bits per heavy atom. The van der Waals surface area contributed by atoms with E-state index in [1.807, 2.05) is 0 Å². The van der Waals surface area contributed by atoms with Crippen molar-refractivity contribution in [2.45, 2.75) is 63.6 Å². The van der Waals surface area contributed by atoms with Crippen LogP contribution in [0.4, 0.5) is 0 Å². The summed E-state index contributed by atoms with van der Waals surface area (Å²) in [6.07, 6.45) is 4.46. The SMILES string of the molecule is CCNC(C1CCOC2(CCOCC2)C1)C(C)(C)N(C)C. The van der Waals surface area contributed by atoms with E-state index in [1.165, 1.54) is 6.42 Å². The summed E-state index contributed by atoms with van der Waals surface area (Å²) >= 11 is 0. The first kappa shape index (κ1) is 17.2. The smallest absolute Gasteiger partial charge is 0.0729 e. The summed E-state index contributed by atoms with van der Waals surface area (Å²) in [5.41, 5.74) is 0.224. The highest BCUT2D eigenvalue weighted by molar-refractivity contribution is 5.00. The van der Waals surface area contributed by atoms with Crippen LogP contribution in [0, 0.1) is 5.92 Å². The zero-order chi connectivity index (χ0) is 15.5. The normalized spacial score (nSPS) is 28.0. The molecule has 1 spiro atoms. The molecule has 2 saturated heterocycles. The van der Waals surface area contributed by atoms with Gasteiger partial charge in [0, 0.05) is 31.4 Å². The van der Waals surface area contributed by atoms with Gasteiger partial charge in [-0.15, -0.1) is 0 Å². The second-order valence-corrected chi connectivity index (χ2v) is 7.48. The molecule has 2 aliphatic heterocycles. The number of nitrogens with one attached hydrogen (secondary N) is 1. The maximum Gasteiger partial charge on any atom is 0.0729 e. The van der Waals surface area contributed by atoms with Gasteiger partial charge in [-0.3, -0.25) is 0 Å². The predicted octanol–water partition coefficient (Wildman–Crippen LogP) is 2.28. The van der Waals surface area contributed by atoms with E-state index in [9.17, 15) is 0 Å². The van der Waals surface area contributed by atoms with Crippen LogP contribution in [0.2, 0.25) is 0 Å². The van der Waals surface area contributed by atoms with Crippen molar-refractivity contribution in [3.05, 3.63) is 0 Å². The Bertz CT molecular complexity index is 319. The van der Waals surface area contributed by atoms with Crippen LogP contribution < -0.4 is 5.32 Å². The molecule has 0 aromatic heterocycles. The fourth-order valence-electron chi connectivity index (χ4n) is 3.93. The van der Waals surface area contributed by atoms with Gasteiger partial charge in [0.2, 0.25) is 0 Å². The van der Waals surface area contributed by atoms with Gasteiger partial charge in [0.25, 0.3) is 0 Å². The average molecular weight is 298 g/mol. The van der Waals surface area contributed by atoms with Crippen molar-refractivity contribution in [2.24, 2.45) is 5.92 Å². The first-order valence-corrected chi connectivity index (χ1v) is 8.54. The third kappa shape index (κ3) is 3.79. The molecule has 1 N–H and O–H groups in total. The minimum absolute atomic E-state index is 0.0806. The molecule has 0 saturated carbocycles. The van der Waals surface area contributed by atoms with Gasteiger partial charge in [-0.2, -0.15) is 0 Å². The number of hydrogen-bond donors (Lipinski definition) is 1. The highest BCUT2D eigenvalue weighted by Crippen LogP contribution is 2.40. The number of ether oxygens (including phenoxy) is 2. The minimum Gasteiger partial charge on any atom is -0.381 e. The molecular weight excluding hydrogens is 264 g/mol. The minimum atomic E-state index is 0.0806. The summed E-state index contributed by atoms with van der Waals surface area (Å²) < 4.78 is 11.8. The molecule has 2 heterocycles. The Morgan fingerprint density at radius 2 is 1.90 bits per heavy atom. The zero-order valence-electron chi connectivity index (χ0n) is 14.6. The van der Waals surface area contributed by atoms with Crippen LogP contribution in [0.1, 0.15) is 46.5 Å². The molecule has 2 unspecified atom stereocenters. The number of rotatable bonds is 5. The number of hydrogen-bond acceptors (Lipinski definition) is 4. The van der Waals surface area contributed by atoms with Gasteiger partial charge < -0.3 is 19.7 Å². The first-order chi connectivity index (χ1) is 9.91. The molecule has 0 aromatic carbocycles. The fraction of sp³-hybridized carbons (Fsp3) is 1.00. The lowest BCUT2D eigenvalue weighted by molar-refractivity contribution is -0.154. The van der Waals surface area contributed by atoms with Crippen molar-refractivity contribution in [1.29, 1.82) is 0 Å². The Kier molecular flexibility index (Phi) is 5.69. The van der Waals surface area contributed by atoms with E-state index in [0.29, 0.717) is 12.0 Å². The standard InChI is InChI=1S/C17H34N2O2/c1-6-18-15(16(2,3)19(4)5)14-7-10-21-17(13-14)8-11-20-12-9-17/h14-15,18H,6-13H2,1-5H3. The second-order valence-electron chi connectivity index (χ2n) is 7.48. The second kappa shape index (κ2) is 6.95. The van der Waals surface area contributed by atoms with Gasteiger partial charge in [0.05, 0.1) is 5.60 Å². The highest BCUT2D eigenvalue weighted by atomic mass is 16.5. The monoisotopic (exact) mass is 298 g/mol. The molecule has 0 aliphatic carbocycles. The summed E-state index contributed by atoms with van der Waals surface area (Å²) in [5.74, 6) is 0.675. The van der Waals surface area contributed by atoms with Gasteiger partial charge in [-0.1, -0.05) is 6.92 Å². The highest BCUT2D eigenvalue weighted by Gasteiger charge is 2.45. The van der Waals surface area contributed by atoms with E-state index >= 15 is 0 Å². The van der Waals surface area contributed by atoms with Crippen LogP contribution in [-0.4, -0.2) is 62.5 Å². The van der Waals surface area contributed by atoms with Crippen LogP contribution in [0.25, 0.3) is 0 Å². The number of likely N-dealkylation sites (N-methyl/N-ethyl adjacent to an activating group) is 2. The van der Waals surface area contributed by atoms with Gasteiger partial charge in [-0.05, 0) is 66.1 Å². The maximum absolute atomic E-state index is 6.22. The van der Waals surface area contributed by atoms with Gasteiger partial charge in [0.15, 0.2) is 0 Å². The quantitative estimate of drug-likeness (QED) is 0.844. The Balaban J connectivity index is 2.12. The molecule has 0 amide bonds. The van der Waals surface area contributed by atoms with Crippen LogP contribution in [0.15, 0.2) is 0 Å². The van der Waals surface area contributed by atoms with Crippen molar-refractivity contribution < 1.29 is 9.47 Å². The van der Waals surface area contributed by atoms with Gasteiger partial charge in [0.1, 0.15) is 0 Å². The van der Waals surface area contributed by atoms with E-state index < -0.39 is 0 Å². The van der Waals surface area contributed by atoms with E-state index in [1.54, 1.807) is 0 Å². The molecule has 2 fully saturated rings. The summed E-state index contributed by atoms with van der Waals surface area (Å²) in [6.45, 7) is 10.6. The zero-order valence-corrected chi connectivity index (χ0v) is 14.6.